The fourth-order valence-electron chi connectivity index (χ4n) is 1.58. The van der Waals surface area contributed by atoms with Gasteiger partial charge < -0.3 is 36.1 Å². The average Bonchev–Trinajstić information content (AvgIpc) is 3.13. The molecule has 2 aromatic carbocycles. The van der Waals surface area contributed by atoms with Gasteiger partial charge in [-0.05, 0) is 0 Å². The third-order valence-electron chi connectivity index (χ3n) is 2.46. The Morgan fingerprint density at radius 3 is 2.11 bits per heavy atom. The Labute approximate surface area is 127 Å². The zero-order valence-electron chi connectivity index (χ0n) is 10.1. The molecule has 0 bridgehead atoms. The molecule has 0 saturated heterocycles. The van der Waals surface area contributed by atoms with Crippen LogP contribution in [0.25, 0.3) is 11.1 Å². The van der Waals surface area contributed by atoms with Gasteiger partial charge in [0.2, 0.25) is 0 Å². The maximum absolute atomic E-state index is 8.86. The van der Waals surface area contributed by atoms with Gasteiger partial charge in [0.25, 0.3) is 0 Å². The fraction of sp³-hybridized carbons (Fsp3) is 0. The molecule has 0 spiro atoms. The molecule has 102 valence electrons. The minimum Gasteiger partial charge on any atom is -0.748 e. The van der Waals surface area contributed by atoms with Gasteiger partial charge in [-0.3, -0.25) is 0 Å². The van der Waals surface area contributed by atoms with Gasteiger partial charge in [0.15, 0.2) is 0 Å². The number of nitrogen functional groups attached to an aromatic ring is 1. The van der Waals surface area contributed by atoms with E-state index in [2.05, 4.69) is 6.07 Å². The number of nitriles is 1. The van der Waals surface area contributed by atoms with E-state index in [4.69, 9.17) is 11.0 Å². The molecule has 2 N–H and O–H groups in total. The summed E-state index contributed by atoms with van der Waals surface area (Å²) in [5.74, 6) is 0. The van der Waals surface area contributed by atoms with Crippen LogP contribution in [-0.2, 0) is 17.1 Å². The number of nitrogens with zero attached hydrogens (tertiary/aromatic N) is 1. The predicted molar refractivity (Wildman–Crippen MR) is 76.5 cm³/mol. The van der Waals surface area contributed by atoms with Gasteiger partial charge in [0.05, 0.1) is 11.1 Å². The fourth-order valence-corrected chi connectivity index (χ4v) is 2.35. The van der Waals surface area contributed by atoms with Crippen molar-refractivity contribution in [2.24, 2.45) is 0 Å². The Morgan fingerprint density at radius 2 is 1.63 bits per heavy atom. The Balaban J connectivity index is 0.000000256. The first-order valence-corrected chi connectivity index (χ1v) is 6.36. The van der Waals surface area contributed by atoms with E-state index in [1.807, 2.05) is 60.0 Å². The molecule has 0 amide bonds. The molecule has 0 atom stereocenters. The minimum absolute atomic E-state index is 0. The molecule has 2 nitrogen and oxygen atoms in total. The van der Waals surface area contributed by atoms with Crippen molar-refractivity contribution in [3.63, 3.8) is 0 Å². The van der Waals surface area contributed by atoms with Crippen molar-refractivity contribution in [1.82, 2.24) is 0 Å². The summed E-state index contributed by atoms with van der Waals surface area (Å²) in [6, 6.07) is 20.0. The SMILES string of the molecule is N#Cc1c(-[c-]2cccc2)csc1N.[Fe].[cH-]1[cH-][cH-][cH-][cH-]1. The summed E-state index contributed by atoms with van der Waals surface area (Å²) in [7, 11) is 0. The Bertz CT molecular complexity index is 598. The molecule has 0 fully saturated rings. The molecular formula is C15H12FeN2S-6. The van der Waals surface area contributed by atoms with Crippen molar-refractivity contribution < 1.29 is 17.1 Å². The Hall–Kier alpha value is -1.79. The van der Waals surface area contributed by atoms with E-state index in [1.165, 1.54) is 11.3 Å². The first-order chi connectivity index (χ1) is 8.83. The average molecular weight is 308 g/mol. The summed E-state index contributed by atoms with van der Waals surface area (Å²) in [5.41, 5.74) is 8.25. The molecule has 1 heterocycles. The Kier molecular flexibility index (Phi) is 6.11. The van der Waals surface area contributed by atoms with Crippen molar-refractivity contribution in [3.8, 4) is 17.2 Å². The maximum Gasteiger partial charge on any atom is 0.0618 e. The summed E-state index contributed by atoms with van der Waals surface area (Å²) in [6.45, 7) is 0. The van der Waals surface area contributed by atoms with Crippen molar-refractivity contribution >= 4 is 16.3 Å². The van der Waals surface area contributed by atoms with Crippen LogP contribution in [0.2, 0.25) is 0 Å². The van der Waals surface area contributed by atoms with Gasteiger partial charge in [-0.1, -0.05) is 16.5 Å². The quantitative estimate of drug-likeness (QED) is 0.546. The van der Waals surface area contributed by atoms with Crippen LogP contribution in [0.15, 0.2) is 60.0 Å². The van der Waals surface area contributed by atoms with Crippen LogP contribution >= 0.6 is 11.3 Å². The monoisotopic (exact) mass is 308 g/mol. The minimum atomic E-state index is 0. The van der Waals surface area contributed by atoms with Gasteiger partial charge in [0, 0.05) is 22.6 Å². The number of hydrogen-bond acceptors (Lipinski definition) is 3. The summed E-state index contributed by atoms with van der Waals surface area (Å²) >= 11 is 1.41. The third kappa shape index (κ3) is 3.84. The summed E-state index contributed by atoms with van der Waals surface area (Å²) in [4.78, 5) is 0. The number of hydrogen-bond donors (Lipinski definition) is 1. The predicted octanol–water partition coefficient (Wildman–Crippen LogP) is 3.99. The molecule has 0 radical (unpaired) electrons. The van der Waals surface area contributed by atoms with Crippen molar-refractivity contribution in [3.05, 3.63) is 65.5 Å². The van der Waals surface area contributed by atoms with Gasteiger partial charge in [0.1, 0.15) is 0 Å². The second-order valence-electron chi connectivity index (χ2n) is 3.64. The normalized spacial score (nSPS) is 8.79. The molecule has 0 unspecified atom stereocenters. The largest absolute Gasteiger partial charge is 0.748 e. The van der Waals surface area contributed by atoms with Crippen LogP contribution in [0.3, 0.4) is 0 Å². The standard InChI is InChI=1S/C10H7N2S.C5H5.Fe/c11-5-8-9(6-13-10(8)12)7-3-1-2-4-7;1-2-4-5-3-1;/h1-4,6H,12H2;1-5H;/q-1;-5;. The zero-order chi connectivity index (χ0) is 12.8. The van der Waals surface area contributed by atoms with E-state index in [1.54, 1.807) is 0 Å². The Morgan fingerprint density at radius 1 is 1.11 bits per heavy atom. The second kappa shape index (κ2) is 7.60. The smallest absolute Gasteiger partial charge is 0.0618 e. The molecule has 4 heteroatoms. The zero-order valence-corrected chi connectivity index (χ0v) is 12.0. The van der Waals surface area contributed by atoms with Gasteiger partial charge >= 0.3 is 0 Å². The molecule has 3 aromatic rings. The summed E-state index contributed by atoms with van der Waals surface area (Å²) in [6.07, 6.45) is 0. The molecule has 3 rings (SSSR count). The van der Waals surface area contributed by atoms with Crippen LogP contribution in [0.5, 0.6) is 0 Å². The van der Waals surface area contributed by atoms with Crippen LogP contribution in [0.4, 0.5) is 5.00 Å². The molecule has 1 aromatic heterocycles. The van der Waals surface area contributed by atoms with E-state index in [0.717, 1.165) is 11.1 Å². The molecule has 0 aliphatic heterocycles. The van der Waals surface area contributed by atoms with E-state index < -0.39 is 0 Å². The van der Waals surface area contributed by atoms with Gasteiger partial charge in [-0.25, -0.2) is 5.26 Å². The van der Waals surface area contributed by atoms with E-state index in [9.17, 15) is 0 Å². The van der Waals surface area contributed by atoms with Crippen LogP contribution < -0.4 is 5.73 Å². The summed E-state index contributed by atoms with van der Waals surface area (Å²) < 4.78 is 0. The van der Waals surface area contributed by atoms with E-state index in [-0.39, 0.29) is 17.1 Å². The topological polar surface area (TPSA) is 49.8 Å². The molecule has 0 aliphatic rings. The van der Waals surface area contributed by atoms with Crippen LogP contribution in [-0.4, -0.2) is 0 Å². The van der Waals surface area contributed by atoms with Gasteiger partial charge in [-0.15, -0.1) is 12.1 Å². The number of nitrogens with two attached hydrogens (primary N) is 1. The molecule has 19 heavy (non-hydrogen) atoms. The van der Waals surface area contributed by atoms with Crippen molar-refractivity contribution in [2.75, 3.05) is 5.73 Å². The van der Waals surface area contributed by atoms with Crippen molar-refractivity contribution in [1.29, 1.82) is 5.26 Å². The van der Waals surface area contributed by atoms with E-state index >= 15 is 0 Å². The molecule has 0 saturated carbocycles. The van der Waals surface area contributed by atoms with Crippen LogP contribution in [0.1, 0.15) is 5.56 Å². The van der Waals surface area contributed by atoms with Crippen molar-refractivity contribution in [2.45, 2.75) is 0 Å². The maximum atomic E-state index is 8.86. The van der Waals surface area contributed by atoms with E-state index in [0.29, 0.717) is 10.6 Å². The number of anilines is 1. The number of thiophene rings is 1. The van der Waals surface area contributed by atoms with Gasteiger partial charge in [-0.2, -0.15) is 23.5 Å². The first-order valence-electron chi connectivity index (χ1n) is 5.48. The number of rotatable bonds is 1. The molecular weight excluding hydrogens is 296 g/mol. The summed E-state index contributed by atoms with van der Waals surface area (Å²) in [5, 5.41) is 11.4. The third-order valence-corrected chi connectivity index (χ3v) is 3.27. The van der Waals surface area contributed by atoms with Crippen LogP contribution in [0, 0.1) is 11.3 Å². The molecule has 0 aliphatic carbocycles. The second-order valence-corrected chi connectivity index (χ2v) is 4.55. The first kappa shape index (κ1) is 15.3.